The summed E-state index contributed by atoms with van der Waals surface area (Å²) >= 11 is 7.24. The fourth-order valence-electron chi connectivity index (χ4n) is 3.68. The average molecular weight is 494 g/mol. The summed E-state index contributed by atoms with van der Waals surface area (Å²) in [6.45, 7) is 5.30. The number of aryl methyl sites for hydroxylation is 1. The van der Waals surface area contributed by atoms with Crippen LogP contribution in [-0.4, -0.2) is 43.5 Å². The number of piperidine rings is 1. The zero-order valence-electron chi connectivity index (χ0n) is 17.7. The van der Waals surface area contributed by atoms with Crippen LogP contribution in [0.2, 0.25) is 5.02 Å². The molecule has 2 aliphatic heterocycles. The first-order valence-electron chi connectivity index (χ1n) is 10.3. The van der Waals surface area contributed by atoms with Crippen LogP contribution in [0.25, 0.3) is 0 Å². The van der Waals surface area contributed by atoms with Crippen molar-refractivity contribution in [1.29, 1.82) is 0 Å². The molecule has 2 amide bonds. The number of hydrogen-bond acceptors (Lipinski definition) is 5. The summed E-state index contributed by atoms with van der Waals surface area (Å²) in [6.07, 6.45) is 1.86. The van der Waals surface area contributed by atoms with Crippen LogP contribution in [0.4, 0.5) is 11.4 Å². The van der Waals surface area contributed by atoms with E-state index in [2.05, 4.69) is 17.0 Å². The van der Waals surface area contributed by atoms with E-state index in [9.17, 15) is 18.0 Å². The molecule has 2 aromatic carbocycles. The molecule has 2 aromatic rings. The van der Waals surface area contributed by atoms with E-state index in [-0.39, 0.29) is 10.8 Å². The van der Waals surface area contributed by atoms with E-state index in [0.29, 0.717) is 40.3 Å². The fraction of sp³-hybridized carbons (Fsp3) is 0.364. The van der Waals surface area contributed by atoms with Crippen LogP contribution < -0.4 is 10.0 Å². The van der Waals surface area contributed by atoms with Crippen LogP contribution in [0, 0.1) is 12.8 Å². The lowest BCUT2D eigenvalue weighted by atomic mass is 9.99. The third-order valence-electron chi connectivity index (χ3n) is 5.75. The highest BCUT2D eigenvalue weighted by Crippen LogP contribution is 2.38. The maximum absolute atomic E-state index is 12.9. The Kier molecular flexibility index (Phi) is 6.42. The molecule has 1 unspecified atom stereocenters. The Hall–Kier alpha value is -2.23. The number of hydrogen-bond donors (Lipinski definition) is 2. The van der Waals surface area contributed by atoms with Crippen molar-refractivity contribution >= 4 is 56.6 Å². The number of thioether (sulfide) groups is 1. The number of fused-ring (bicyclic) bond motifs is 1. The van der Waals surface area contributed by atoms with Gasteiger partial charge in [0.15, 0.2) is 5.25 Å². The van der Waals surface area contributed by atoms with E-state index in [0.717, 1.165) is 30.2 Å². The van der Waals surface area contributed by atoms with Gasteiger partial charge in [0, 0.05) is 23.0 Å². The summed E-state index contributed by atoms with van der Waals surface area (Å²) in [5.41, 5.74) is 1.56. The van der Waals surface area contributed by atoms with Gasteiger partial charge in [0.25, 0.3) is 10.0 Å². The minimum atomic E-state index is -3.89. The highest BCUT2D eigenvalue weighted by molar-refractivity contribution is 8.01. The van der Waals surface area contributed by atoms with E-state index in [1.807, 2.05) is 6.92 Å². The number of rotatable bonds is 4. The van der Waals surface area contributed by atoms with Crippen molar-refractivity contribution in [3.63, 3.8) is 0 Å². The van der Waals surface area contributed by atoms with Gasteiger partial charge < -0.3 is 10.2 Å². The number of nitrogens with zero attached hydrogens (tertiary/aromatic N) is 1. The first kappa shape index (κ1) is 22.9. The van der Waals surface area contributed by atoms with Gasteiger partial charge in [0.05, 0.1) is 16.3 Å². The van der Waals surface area contributed by atoms with E-state index >= 15 is 0 Å². The van der Waals surface area contributed by atoms with Crippen molar-refractivity contribution in [1.82, 2.24) is 4.90 Å². The molecule has 10 heteroatoms. The molecule has 0 spiro atoms. The summed E-state index contributed by atoms with van der Waals surface area (Å²) in [5, 5.41) is 2.30. The van der Waals surface area contributed by atoms with Crippen LogP contribution in [0.15, 0.2) is 46.2 Å². The van der Waals surface area contributed by atoms with Gasteiger partial charge in [-0.1, -0.05) is 24.6 Å². The van der Waals surface area contributed by atoms with E-state index in [1.165, 1.54) is 12.1 Å². The molecule has 1 atom stereocenters. The quantitative estimate of drug-likeness (QED) is 0.624. The Morgan fingerprint density at radius 1 is 1.19 bits per heavy atom. The lowest BCUT2D eigenvalue weighted by molar-refractivity contribution is -0.135. The van der Waals surface area contributed by atoms with Gasteiger partial charge in [-0.2, -0.15) is 0 Å². The second kappa shape index (κ2) is 8.96. The molecule has 2 heterocycles. The topological polar surface area (TPSA) is 95.6 Å². The largest absolute Gasteiger partial charge is 0.341 e. The van der Waals surface area contributed by atoms with E-state index in [4.69, 9.17) is 11.6 Å². The van der Waals surface area contributed by atoms with Crippen molar-refractivity contribution in [3.8, 4) is 0 Å². The Morgan fingerprint density at radius 2 is 1.91 bits per heavy atom. The van der Waals surface area contributed by atoms with Crippen LogP contribution in [0.1, 0.15) is 25.3 Å². The monoisotopic (exact) mass is 493 g/mol. The van der Waals surface area contributed by atoms with Crippen LogP contribution >= 0.6 is 23.4 Å². The van der Waals surface area contributed by atoms with Gasteiger partial charge in [-0.15, -0.1) is 11.8 Å². The van der Waals surface area contributed by atoms with E-state index < -0.39 is 21.2 Å². The second-order valence-electron chi connectivity index (χ2n) is 8.22. The molecule has 4 rings (SSSR count). The molecule has 2 N–H and O–H groups in total. The molecular weight excluding hydrogens is 470 g/mol. The highest BCUT2D eigenvalue weighted by Gasteiger charge is 2.37. The minimum absolute atomic E-state index is 0.00337. The molecule has 0 saturated carbocycles. The highest BCUT2D eigenvalue weighted by atomic mass is 35.5. The Morgan fingerprint density at radius 3 is 2.59 bits per heavy atom. The Balaban J connectivity index is 1.52. The normalized spacial score (nSPS) is 19.3. The Bertz CT molecular complexity index is 1180. The molecule has 170 valence electrons. The molecule has 2 aliphatic rings. The zero-order chi connectivity index (χ0) is 23.0. The maximum atomic E-state index is 12.9. The Labute approximate surface area is 196 Å². The van der Waals surface area contributed by atoms with Gasteiger partial charge >= 0.3 is 0 Å². The van der Waals surface area contributed by atoms with Gasteiger partial charge in [-0.3, -0.25) is 14.3 Å². The molecule has 0 radical (unpaired) electrons. The lowest BCUT2D eigenvalue weighted by Crippen LogP contribution is -2.47. The number of nitrogens with one attached hydrogen (secondary N) is 2. The third kappa shape index (κ3) is 4.74. The number of carbonyl (C=O) groups is 2. The predicted molar refractivity (Wildman–Crippen MR) is 127 cm³/mol. The van der Waals surface area contributed by atoms with Crippen molar-refractivity contribution in [2.24, 2.45) is 5.92 Å². The SMILES string of the molecule is Cc1ccc(NS(=O)(=O)c2ccc3c(c2)NC(=O)C(C(=O)N2CCC(C)CC2)S3)cc1Cl. The van der Waals surface area contributed by atoms with Crippen LogP contribution in [0.3, 0.4) is 0 Å². The minimum Gasteiger partial charge on any atom is -0.341 e. The predicted octanol–water partition coefficient (Wildman–Crippen LogP) is 4.12. The first-order valence-corrected chi connectivity index (χ1v) is 13.1. The van der Waals surface area contributed by atoms with Crippen molar-refractivity contribution < 1.29 is 18.0 Å². The standard InChI is InChI=1S/C22H24ClN3O4S2/c1-13-7-9-26(10-8-13)22(28)20-21(27)24-18-12-16(5-6-19(18)31-20)32(29,30)25-15-4-3-14(2)17(23)11-15/h3-6,11-13,20,25H,7-10H2,1-2H3,(H,24,27). The maximum Gasteiger partial charge on any atom is 0.261 e. The molecule has 0 aromatic heterocycles. The molecule has 0 aliphatic carbocycles. The van der Waals surface area contributed by atoms with Gasteiger partial charge in [0.1, 0.15) is 0 Å². The van der Waals surface area contributed by atoms with Crippen molar-refractivity contribution in [2.75, 3.05) is 23.1 Å². The number of anilines is 2. The van der Waals surface area contributed by atoms with Crippen LogP contribution in [-0.2, 0) is 19.6 Å². The third-order valence-corrected chi connectivity index (χ3v) is 8.79. The zero-order valence-corrected chi connectivity index (χ0v) is 20.1. The number of sulfonamides is 1. The summed E-state index contributed by atoms with van der Waals surface area (Å²) in [4.78, 5) is 28.0. The van der Waals surface area contributed by atoms with Gasteiger partial charge in [-0.05, 0) is 61.6 Å². The molecule has 32 heavy (non-hydrogen) atoms. The average Bonchev–Trinajstić information content (AvgIpc) is 2.75. The smallest absolute Gasteiger partial charge is 0.261 e. The van der Waals surface area contributed by atoms with Crippen molar-refractivity contribution in [2.45, 2.75) is 41.7 Å². The molecule has 1 fully saturated rings. The van der Waals surface area contributed by atoms with Gasteiger partial charge in [-0.25, -0.2) is 8.42 Å². The van der Waals surface area contributed by atoms with Crippen molar-refractivity contribution in [3.05, 3.63) is 47.0 Å². The number of likely N-dealkylation sites (tertiary alicyclic amines) is 1. The first-order chi connectivity index (χ1) is 15.1. The molecule has 0 bridgehead atoms. The number of amides is 2. The summed E-state index contributed by atoms with van der Waals surface area (Å²) in [7, 11) is -3.89. The summed E-state index contributed by atoms with van der Waals surface area (Å²) in [6, 6.07) is 9.39. The molecule has 7 nitrogen and oxygen atoms in total. The summed E-state index contributed by atoms with van der Waals surface area (Å²) in [5.74, 6) is -0.0452. The number of benzene rings is 2. The second-order valence-corrected chi connectivity index (χ2v) is 11.5. The fourth-order valence-corrected chi connectivity index (χ4v) is 5.99. The molecule has 1 saturated heterocycles. The molecular formula is C22H24ClN3O4S2. The van der Waals surface area contributed by atoms with Crippen LogP contribution in [0.5, 0.6) is 0 Å². The number of halogens is 1. The lowest BCUT2D eigenvalue weighted by Gasteiger charge is -2.33. The van der Waals surface area contributed by atoms with E-state index in [1.54, 1.807) is 29.2 Å². The number of carbonyl (C=O) groups excluding carboxylic acids is 2. The van der Waals surface area contributed by atoms with Gasteiger partial charge in [0.2, 0.25) is 11.8 Å². The summed E-state index contributed by atoms with van der Waals surface area (Å²) < 4.78 is 28.2.